The van der Waals surface area contributed by atoms with Crippen molar-refractivity contribution >= 4 is 5.69 Å². The lowest BCUT2D eigenvalue weighted by Crippen LogP contribution is -2.38. The highest BCUT2D eigenvalue weighted by Gasteiger charge is 2.12. The quantitative estimate of drug-likeness (QED) is 0.818. The monoisotopic (exact) mass is 266 g/mol. The van der Waals surface area contributed by atoms with Crippen LogP contribution in [0.5, 0.6) is 0 Å². The number of ether oxygens (including phenoxy) is 1. The minimum absolute atomic E-state index is 0.0467. The highest BCUT2D eigenvalue weighted by molar-refractivity contribution is 5.43. The van der Waals surface area contributed by atoms with Crippen molar-refractivity contribution in [2.24, 2.45) is 0 Å². The van der Waals surface area contributed by atoms with Crippen molar-refractivity contribution in [1.29, 1.82) is 0 Å². The van der Waals surface area contributed by atoms with E-state index in [2.05, 4.69) is 29.2 Å². The van der Waals surface area contributed by atoms with E-state index < -0.39 is 0 Å². The number of nitrogens with zero attached hydrogens (tertiary/aromatic N) is 3. The number of aromatic nitrogens is 2. The summed E-state index contributed by atoms with van der Waals surface area (Å²) >= 11 is 0. The van der Waals surface area contributed by atoms with Crippen LogP contribution in [0, 0.1) is 0 Å². The molecular formula is C13H22N4O2. The molecule has 0 unspecified atom stereocenters. The van der Waals surface area contributed by atoms with Crippen molar-refractivity contribution in [2.75, 3.05) is 37.7 Å². The summed E-state index contributed by atoms with van der Waals surface area (Å²) in [7, 11) is 0. The average Bonchev–Trinajstić information content (AvgIpc) is 2.41. The second kappa shape index (κ2) is 6.68. The van der Waals surface area contributed by atoms with Gasteiger partial charge in [0.05, 0.1) is 31.6 Å². The van der Waals surface area contributed by atoms with E-state index >= 15 is 0 Å². The van der Waals surface area contributed by atoms with Crippen molar-refractivity contribution in [2.45, 2.75) is 26.4 Å². The van der Waals surface area contributed by atoms with Gasteiger partial charge < -0.3 is 15.0 Å². The lowest BCUT2D eigenvalue weighted by Gasteiger charge is -2.28. The molecule has 1 aromatic heterocycles. The fourth-order valence-corrected chi connectivity index (χ4v) is 2.05. The van der Waals surface area contributed by atoms with Gasteiger partial charge in [0.2, 0.25) is 0 Å². The Kier molecular flexibility index (Phi) is 4.93. The summed E-state index contributed by atoms with van der Waals surface area (Å²) in [6.07, 6.45) is 1.77. The first-order chi connectivity index (χ1) is 9.16. The van der Waals surface area contributed by atoms with Crippen LogP contribution in [-0.4, -0.2) is 48.7 Å². The van der Waals surface area contributed by atoms with E-state index in [4.69, 9.17) is 4.74 Å². The summed E-state index contributed by atoms with van der Waals surface area (Å²) in [5.74, 6) is 0. The Balaban J connectivity index is 1.98. The number of rotatable bonds is 5. The molecule has 0 amide bonds. The molecule has 0 bridgehead atoms. The maximum atomic E-state index is 12.0. The van der Waals surface area contributed by atoms with Crippen LogP contribution in [0.3, 0.4) is 0 Å². The van der Waals surface area contributed by atoms with Crippen LogP contribution < -0.4 is 15.8 Å². The molecule has 0 saturated carbocycles. The molecule has 0 aromatic carbocycles. The average molecular weight is 266 g/mol. The van der Waals surface area contributed by atoms with Crippen LogP contribution in [0.2, 0.25) is 0 Å². The van der Waals surface area contributed by atoms with Gasteiger partial charge in [0.15, 0.2) is 0 Å². The molecule has 1 saturated heterocycles. The van der Waals surface area contributed by atoms with Gasteiger partial charge in [-0.05, 0) is 0 Å². The summed E-state index contributed by atoms with van der Waals surface area (Å²) in [6.45, 7) is 8.57. The number of morpholine rings is 1. The largest absolute Gasteiger partial charge is 0.378 e. The van der Waals surface area contributed by atoms with Crippen molar-refractivity contribution < 1.29 is 4.74 Å². The third-order valence-electron chi connectivity index (χ3n) is 3.11. The molecular weight excluding hydrogens is 244 g/mol. The predicted octanol–water partition coefficient (Wildman–Crippen LogP) is 0.0779. The van der Waals surface area contributed by atoms with Gasteiger partial charge in [-0.3, -0.25) is 4.79 Å². The molecule has 19 heavy (non-hydrogen) atoms. The molecule has 106 valence electrons. The zero-order chi connectivity index (χ0) is 13.7. The van der Waals surface area contributed by atoms with Gasteiger partial charge in [0.25, 0.3) is 5.56 Å². The van der Waals surface area contributed by atoms with Crippen LogP contribution in [0.4, 0.5) is 5.69 Å². The van der Waals surface area contributed by atoms with E-state index in [1.54, 1.807) is 12.3 Å². The molecule has 2 rings (SSSR count). The smallest absolute Gasteiger partial charge is 0.268 e. The predicted molar refractivity (Wildman–Crippen MR) is 74.7 cm³/mol. The van der Waals surface area contributed by atoms with Gasteiger partial charge >= 0.3 is 0 Å². The second-order valence-corrected chi connectivity index (χ2v) is 4.98. The number of hydrogen-bond acceptors (Lipinski definition) is 5. The van der Waals surface area contributed by atoms with Gasteiger partial charge in [-0.1, -0.05) is 13.8 Å². The van der Waals surface area contributed by atoms with Crippen molar-refractivity contribution in [3.63, 3.8) is 0 Å². The molecule has 1 N–H and O–H groups in total. The minimum Gasteiger partial charge on any atom is -0.378 e. The first kappa shape index (κ1) is 14.0. The first-order valence-electron chi connectivity index (χ1n) is 6.80. The van der Waals surface area contributed by atoms with Crippen LogP contribution in [-0.2, 0) is 11.3 Å². The Labute approximate surface area is 113 Å². The maximum absolute atomic E-state index is 12.0. The molecule has 0 atom stereocenters. The Morgan fingerprint density at radius 3 is 2.79 bits per heavy atom. The maximum Gasteiger partial charge on any atom is 0.268 e. The topological polar surface area (TPSA) is 59.4 Å². The zero-order valence-corrected chi connectivity index (χ0v) is 11.6. The number of hydrogen-bond donors (Lipinski definition) is 1. The molecule has 6 heteroatoms. The van der Waals surface area contributed by atoms with Gasteiger partial charge in [-0.15, -0.1) is 0 Å². The Morgan fingerprint density at radius 2 is 2.16 bits per heavy atom. The lowest BCUT2D eigenvalue weighted by atomic mass is 10.3. The Hall–Kier alpha value is -1.40. The van der Waals surface area contributed by atoms with Gasteiger partial charge in [0.1, 0.15) is 0 Å². The molecule has 1 aromatic rings. The molecule has 6 nitrogen and oxygen atoms in total. The molecule has 1 aliphatic rings. The Morgan fingerprint density at radius 1 is 1.42 bits per heavy atom. The molecule has 2 heterocycles. The van der Waals surface area contributed by atoms with Crippen molar-refractivity contribution in [3.8, 4) is 0 Å². The van der Waals surface area contributed by atoms with E-state index in [1.165, 1.54) is 4.68 Å². The van der Waals surface area contributed by atoms with Crippen LogP contribution >= 0.6 is 0 Å². The third-order valence-corrected chi connectivity index (χ3v) is 3.11. The number of anilines is 1. The zero-order valence-electron chi connectivity index (χ0n) is 11.6. The molecule has 1 fully saturated rings. The normalized spacial score (nSPS) is 16.1. The van der Waals surface area contributed by atoms with Crippen molar-refractivity contribution in [1.82, 2.24) is 15.1 Å². The van der Waals surface area contributed by atoms with Gasteiger partial charge in [-0.25, -0.2) is 4.68 Å². The number of nitrogens with one attached hydrogen (secondary N) is 1. The Bertz CT molecular complexity index is 452. The van der Waals surface area contributed by atoms with E-state index in [-0.39, 0.29) is 5.56 Å². The molecule has 0 spiro atoms. The molecule has 1 aliphatic heterocycles. The van der Waals surface area contributed by atoms with E-state index in [0.717, 1.165) is 25.3 Å². The summed E-state index contributed by atoms with van der Waals surface area (Å²) in [4.78, 5) is 14.1. The van der Waals surface area contributed by atoms with E-state index in [0.29, 0.717) is 25.8 Å². The first-order valence-corrected chi connectivity index (χ1v) is 6.80. The summed E-state index contributed by atoms with van der Waals surface area (Å²) in [5, 5.41) is 7.50. The van der Waals surface area contributed by atoms with Crippen LogP contribution in [0.15, 0.2) is 17.1 Å². The highest BCUT2D eigenvalue weighted by atomic mass is 16.5. The summed E-state index contributed by atoms with van der Waals surface area (Å²) in [6, 6.07) is 2.08. The van der Waals surface area contributed by atoms with Crippen molar-refractivity contribution in [3.05, 3.63) is 22.6 Å². The summed E-state index contributed by atoms with van der Waals surface area (Å²) in [5.41, 5.74) is 0.843. The molecule has 0 radical (unpaired) electrons. The summed E-state index contributed by atoms with van der Waals surface area (Å²) < 4.78 is 6.80. The van der Waals surface area contributed by atoms with E-state index in [9.17, 15) is 4.79 Å². The SMILES string of the molecule is CC(C)NCCn1ncc(N2CCOCC2)cc1=O. The van der Waals surface area contributed by atoms with Crippen LogP contribution in [0.25, 0.3) is 0 Å². The highest BCUT2D eigenvalue weighted by Crippen LogP contribution is 2.11. The van der Waals surface area contributed by atoms with E-state index in [1.807, 2.05) is 0 Å². The molecule has 0 aliphatic carbocycles. The third kappa shape index (κ3) is 4.04. The van der Waals surface area contributed by atoms with Gasteiger partial charge in [-0.2, -0.15) is 5.10 Å². The second-order valence-electron chi connectivity index (χ2n) is 4.98. The lowest BCUT2D eigenvalue weighted by molar-refractivity contribution is 0.122. The minimum atomic E-state index is -0.0467. The standard InChI is InChI=1S/C13H22N4O2/c1-11(2)14-3-4-17-13(18)9-12(10-15-17)16-5-7-19-8-6-16/h9-11,14H,3-8H2,1-2H3. The van der Waals surface area contributed by atoms with Crippen LogP contribution in [0.1, 0.15) is 13.8 Å². The fraction of sp³-hybridized carbons (Fsp3) is 0.692. The fourth-order valence-electron chi connectivity index (χ4n) is 2.05. The van der Waals surface area contributed by atoms with Gasteiger partial charge in [0, 0.05) is 31.7 Å².